The monoisotopic (exact) mass is 451 g/mol. The Morgan fingerprint density at radius 2 is 2.22 bits per heavy atom. The van der Waals surface area contributed by atoms with Crippen molar-refractivity contribution in [3.63, 3.8) is 0 Å². The molecule has 2 aliphatic carbocycles. The number of thiol groups is 1. The predicted octanol–water partition coefficient (Wildman–Crippen LogP) is 5.33. The van der Waals surface area contributed by atoms with Crippen LogP contribution in [0.25, 0.3) is 0 Å². The molecule has 6 heteroatoms. The Hall–Kier alpha value is -2.34. The van der Waals surface area contributed by atoms with Crippen LogP contribution < -0.4 is 10.2 Å². The number of amides is 1. The summed E-state index contributed by atoms with van der Waals surface area (Å²) >= 11 is 4.30. The van der Waals surface area contributed by atoms with Crippen LogP contribution in [0, 0.1) is 17.3 Å². The summed E-state index contributed by atoms with van der Waals surface area (Å²) in [5.74, 6) is 1.76. The lowest BCUT2D eigenvalue weighted by Crippen LogP contribution is -2.34. The summed E-state index contributed by atoms with van der Waals surface area (Å²) < 4.78 is 0. The third kappa shape index (κ3) is 4.85. The number of hydrogen-bond donors (Lipinski definition) is 2. The first-order chi connectivity index (χ1) is 15.4. The van der Waals surface area contributed by atoms with Crippen molar-refractivity contribution >= 4 is 35.8 Å². The lowest BCUT2D eigenvalue weighted by Gasteiger charge is -2.23. The molecule has 4 rings (SSSR count). The fourth-order valence-electron chi connectivity index (χ4n) is 4.92. The van der Waals surface area contributed by atoms with E-state index in [4.69, 9.17) is 0 Å². The SMILES string of the molecule is CC/C(=C\S)C1=CC(CC(=O)CNc2cc(N3CCC(C)(C4CC4)C3=O)ccn2)CC=C1. The summed E-state index contributed by atoms with van der Waals surface area (Å²) in [5, 5.41) is 5.01. The first-order valence-corrected chi connectivity index (χ1v) is 12.2. The summed E-state index contributed by atoms with van der Waals surface area (Å²) in [5.41, 5.74) is 3.00. The number of anilines is 2. The Kier molecular flexibility index (Phi) is 6.89. The summed E-state index contributed by atoms with van der Waals surface area (Å²) in [7, 11) is 0. The van der Waals surface area contributed by atoms with E-state index in [1.54, 1.807) is 6.20 Å². The van der Waals surface area contributed by atoms with Crippen molar-refractivity contribution in [3.05, 3.63) is 53.1 Å². The third-order valence-electron chi connectivity index (χ3n) is 7.14. The second kappa shape index (κ2) is 9.65. The maximum Gasteiger partial charge on any atom is 0.233 e. The second-order valence-electron chi connectivity index (χ2n) is 9.42. The normalized spacial score (nSPS) is 25.8. The molecular formula is C26H33N3O2S. The Morgan fingerprint density at radius 3 is 2.94 bits per heavy atom. The molecular weight excluding hydrogens is 418 g/mol. The van der Waals surface area contributed by atoms with Gasteiger partial charge in [0.1, 0.15) is 5.82 Å². The highest BCUT2D eigenvalue weighted by molar-refractivity contribution is 7.83. The number of ketones is 1. The van der Waals surface area contributed by atoms with Gasteiger partial charge in [0.25, 0.3) is 0 Å². The van der Waals surface area contributed by atoms with Crippen LogP contribution in [-0.4, -0.2) is 29.8 Å². The van der Waals surface area contributed by atoms with Crippen molar-refractivity contribution < 1.29 is 9.59 Å². The van der Waals surface area contributed by atoms with Gasteiger partial charge in [-0.3, -0.25) is 9.59 Å². The first-order valence-electron chi connectivity index (χ1n) is 11.7. The van der Waals surface area contributed by atoms with Crippen LogP contribution in [-0.2, 0) is 9.59 Å². The molecule has 1 saturated heterocycles. The topological polar surface area (TPSA) is 62.3 Å². The summed E-state index contributed by atoms with van der Waals surface area (Å²) in [6.45, 7) is 5.20. The number of nitrogens with zero attached hydrogens (tertiary/aromatic N) is 2. The van der Waals surface area contributed by atoms with E-state index in [-0.39, 0.29) is 29.6 Å². The van der Waals surface area contributed by atoms with E-state index in [1.165, 1.54) is 24.0 Å². The minimum absolute atomic E-state index is 0.152. The van der Waals surface area contributed by atoms with Crippen molar-refractivity contribution in [2.24, 2.45) is 17.3 Å². The smallest absolute Gasteiger partial charge is 0.233 e. The van der Waals surface area contributed by atoms with Gasteiger partial charge in [-0.05, 0) is 66.6 Å². The second-order valence-corrected chi connectivity index (χ2v) is 9.68. The van der Waals surface area contributed by atoms with Gasteiger partial charge in [-0.15, -0.1) is 0 Å². The number of allylic oxidation sites excluding steroid dienone is 5. The zero-order chi connectivity index (χ0) is 22.7. The number of nitrogens with one attached hydrogen (secondary N) is 1. The largest absolute Gasteiger partial charge is 0.363 e. The van der Waals surface area contributed by atoms with Crippen molar-refractivity contribution in [1.82, 2.24) is 4.98 Å². The van der Waals surface area contributed by atoms with Gasteiger partial charge in [0, 0.05) is 30.9 Å². The van der Waals surface area contributed by atoms with Crippen molar-refractivity contribution in [1.29, 1.82) is 0 Å². The maximum absolute atomic E-state index is 13.0. The van der Waals surface area contributed by atoms with Gasteiger partial charge in [-0.1, -0.05) is 32.1 Å². The number of aromatic nitrogens is 1. The Balaban J connectivity index is 1.33. The van der Waals surface area contributed by atoms with Crippen LogP contribution in [0.1, 0.15) is 52.4 Å². The molecule has 3 aliphatic rings. The molecule has 1 aromatic heterocycles. The van der Waals surface area contributed by atoms with Crippen molar-refractivity contribution in [2.75, 3.05) is 23.3 Å². The molecule has 32 heavy (non-hydrogen) atoms. The van der Waals surface area contributed by atoms with E-state index in [2.05, 4.69) is 55.0 Å². The molecule has 0 bridgehead atoms. The van der Waals surface area contributed by atoms with Crippen LogP contribution in [0.4, 0.5) is 11.5 Å². The summed E-state index contributed by atoms with van der Waals surface area (Å²) in [4.78, 5) is 31.9. The van der Waals surface area contributed by atoms with E-state index in [9.17, 15) is 9.59 Å². The van der Waals surface area contributed by atoms with E-state index in [1.807, 2.05) is 22.4 Å². The molecule has 170 valence electrons. The zero-order valence-corrected chi connectivity index (χ0v) is 19.9. The highest BCUT2D eigenvalue weighted by Crippen LogP contribution is 2.51. The highest BCUT2D eigenvalue weighted by atomic mass is 32.1. The maximum atomic E-state index is 13.0. The van der Waals surface area contributed by atoms with E-state index >= 15 is 0 Å². The van der Waals surface area contributed by atoms with Gasteiger partial charge in [0.05, 0.1) is 12.0 Å². The lowest BCUT2D eigenvalue weighted by molar-refractivity contribution is -0.125. The quantitative estimate of drug-likeness (QED) is 0.498. The molecule has 5 nitrogen and oxygen atoms in total. The number of rotatable bonds is 9. The van der Waals surface area contributed by atoms with Gasteiger partial charge < -0.3 is 10.2 Å². The number of pyridine rings is 1. The Bertz CT molecular complexity index is 979. The van der Waals surface area contributed by atoms with Crippen molar-refractivity contribution in [3.8, 4) is 0 Å². The zero-order valence-electron chi connectivity index (χ0n) is 19.0. The van der Waals surface area contributed by atoms with Crippen LogP contribution >= 0.6 is 12.6 Å². The number of Topliss-reactive ketones (excluding diaryl/α,β-unsaturated/α-hetero) is 1. The lowest BCUT2D eigenvalue weighted by atomic mass is 9.83. The number of hydrogen-bond acceptors (Lipinski definition) is 5. The average Bonchev–Trinajstić information content (AvgIpc) is 3.61. The van der Waals surface area contributed by atoms with E-state index < -0.39 is 0 Å². The molecule has 1 N–H and O–H groups in total. The third-order valence-corrected chi connectivity index (χ3v) is 7.45. The Morgan fingerprint density at radius 1 is 1.41 bits per heavy atom. The molecule has 1 aliphatic heterocycles. The fraction of sp³-hybridized carbons (Fsp3) is 0.500. The van der Waals surface area contributed by atoms with Crippen LogP contribution in [0.5, 0.6) is 0 Å². The molecule has 1 amide bonds. The molecule has 2 heterocycles. The number of carbonyl (C=O) groups is 2. The molecule has 2 atom stereocenters. The van der Waals surface area contributed by atoms with E-state index in [0.717, 1.165) is 31.5 Å². The van der Waals surface area contributed by atoms with E-state index in [0.29, 0.717) is 18.2 Å². The summed E-state index contributed by atoms with van der Waals surface area (Å²) in [6.07, 6.45) is 13.7. The molecule has 0 spiro atoms. The van der Waals surface area contributed by atoms with Crippen LogP contribution in [0.3, 0.4) is 0 Å². The van der Waals surface area contributed by atoms with Crippen molar-refractivity contribution in [2.45, 2.75) is 52.4 Å². The highest BCUT2D eigenvalue weighted by Gasteiger charge is 2.52. The minimum Gasteiger partial charge on any atom is -0.363 e. The molecule has 0 radical (unpaired) electrons. The van der Waals surface area contributed by atoms with Gasteiger partial charge in [-0.2, -0.15) is 12.6 Å². The molecule has 1 saturated carbocycles. The van der Waals surface area contributed by atoms with Gasteiger partial charge in [0.15, 0.2) is 5.78 Å². The average molecular weight is 452 g/mol. The van der Waals surface area contributed by atoms with Gasteiger partial charge in [0.2, 0.25) is 5.91 Å². The fourth-order valence-corrected chi connectivity index (χ4v) is 5.25. The predicted molar refractivity (Wildman–Crippen MR) is 133 cm³/mol. The first kappa shape index (κ1) is 22.8. The molecule has 0 aromatic carbocycles. The van der Waals surface area contributed by atoms with Gasteiger partial charge in [-0.25, -0.2) is 4.98 Å². The minimum atomic E-state index is -0.215. The van der Waals surface area contributed by atoms with Gasteiger partial charge >= 0.3 is 0 Å². The van der Waals surface area contributed by atoms with Crippen LogP contribution in [0.2, 0.25) is 0 Å². The number of carbonyl (C=O) groups excluding carboxylic acids is 2. The van der Waals surface area contributed by atoms with Crippen LogP contribution in [0.15, 0.2) is 53.1 Å². The molecule has 2 unspecified atom stereocenters. The Labute approximate surface area is 196 Å². The standard InChI is InChI=1S/C26H33N3O2S/c1-3-19(17-32)20-6-4-5-18(13-20)14-23(30)16-28-24-15-22(9-11-27-24)29-12-10-26(2,25(29)31)21-7-8-21/h4,6,9,11,13,15,17-18,21,32H,3,5,7-8,10,12,14,16H2,1-2H3,(H,27,28)/b19-17+. The molecule has 1 aromatic rings. The summed E-state index contributed by atoms with van der Waals surface area (Å²) in [6, 6.07) is 3.76. The molecule has 2 fully saturated rings.